The lowest BCUT2D eigenvalue weighted by molar-refractivity contribution is 0.277. The van der Waals surface area contributed by atoms with Gasteiger partial charge in [0.15, 0.2) is 8.32 Å². The summed E-state index contributed by atoms with van der Waals surface area (Å²) in [7, 11) is 1.98. The standard InChI is InChI=1S/C28H40N2O3Si/c1-10-30(11-2)22-16-17-23-24(19-32-34(8,9)28(3,4)5)26(27(31)33-25(23)18-22)20-12-14-21(15-13-20)29(6)7/h12-18H,10-11,19H2,1-9H3. The zero-order valence-electron chi connectivity index (χ0n) is 22.3. The van der Waals surface area contributed by atoms with Gasteiger partial charge in [-0.2, -0.15) is 0 Å². The molecule has 6 heteroatoms. The van der Waals surface area contributed by atoms with E-state index in [1.54, 1.807) is 0 Å². The highest BCUT2D eigenvalue weighted by Gasteiger charge is 2.37. The van der Waals surface area contributed by atoms with Gasteiger partial charge in [-0.05, 0) is 61.8 Å². The lowest BCUT2D eigenvalue weighted by Gasteiger charge is -2.36. The Labute approximate surface area is 205 Å². The van der Waals surface area contributed by atoms with Gasteiger partial charge in [-0.15, -0.1) is 0 Å². The third-order valence-corrected chi connectivity index (χ3v) is 11.7. The van der Waals surface area contributed by atoms with Crippen molar-refractivity contribution in [1.82, 2.24) is 0 Å². The Hall–Kier alpha value is -2.57. The van der Waals surface area contributed by atoms with E-state index in [0.29, 0.717) is 17.8 Å². The van der Waals surface area contributed by atoms with E-state index in [2.05, 4.69) is 64.7 Å². The lowest BCUT2D eigenvalue weighted by Crippen LogP contribution is -2.40. The molecule has 0 bridgehead atoms. The molecule has 5 nitrogen and oxygen atoms in total. The molecule has 0 unspecified atom stereocenters. The molecular weight excluding hydrogens is 440 g/mol. The third kappa shape index (κ3) is 5.23. The monoisotopic (exact) mass is 480 g/mol. The second-order valence-corrected chi connectivity index (χ2v) is 15.4. The summed E-state index contributed by atoms with van der Waals surface area (Å²) in [6, 6.07) is 14.2. The average molecular weight is 481 g/mol. The van der Waals surface area contributed by atoms with E-state index in [-0.39, 0.29) is 10.7 Å². The molecule has 0 spiro atoms. The summed E-state index contributed by atoms with van der Waals surface area (Å²) < 4.78 is 12.5. The number of anilines is 2. The van der Waals surface area contributed by atoms with Crippen molar-refractivity contribution in [3.8, 4) is 11.1 Å². The van der Waals surface area contributed by atoms with Crippen LogP contribution in [0.3, 0.4) is 0 Å². The van der Waals surface area contributed by atoms with E-state index in [1.165, 1.54) is 0 Å². The van der Waals surface area contributed by atoms with Crippen molar-refractivity contribution in [2.45, 2.75) is 59.4 Å². The molecule has 1 heterocycles. The molecule has 2 aromatic carbocycles. The van der Waals surface area contributed by atoms with Gasteiger partial charge >= 0.3 is 5.63 Å². The Bertz CT molecular complexity index is 1190. The Morgan fingerprint density at radius 3 is 2.06 bits per heavy atom. The molecule has 184 valence electrons. The van der Waals surface area contributed by atoms with E-state index < -0.39 is 8.32 Å². The minimum Gasteiger partial charge on any atom is -0.422 e. The fourth-order valence-corrected chi connectivity index (χ4v) is 4.81. The molecule has 1 aromatic heterocycles. The zero-order valence-corrected chi connectivity index (χ0v) is 23.3. The number of hydrogen-bond donors (Lipinski definition) is 0. The first-order valence-corrected chi connectivity index (χ1v) is 15.1. The van der Waals surface area contributed by atoms with Crippen LogP contribution in [0.1, 0.15) is 40.2 Å². The first-order valence-electron chi connectivity index (χ1n) is 12.2. The van der Waals surface area contributed by atoms with E-state index in [4.69, 9.17) is 8.84 Å². The molecular formula is C28H40N2O3Si. The number of rotatable bonds is 8. The van der Waals surface area contributed by atoms with Crippen molar-refractivity contribution in [2.24, 2.45) is 0 Å². The second-order valence-electron chi connectivity index (χ2n) is 10.6. The van der Waals surface area contributed by atoms with Crippen LogP contribution in [0.4, 0.5) is 11.4 Å². The Morgan fingerprint density at radius 2 is 1.53 bits per heavy atom. The van der Waals surface area contributed by atoms with Crippen molar-refractivity contribution in [1.29, 1.82) is 0 Å². The molecule has 0 saturated heterocycles. The minimum atomic E-state index is -2.03. The zero-order chi connectivity index (χ0) is 25.3. The molecule has 0 amide bonds. The molecule has 3 aromatic rings. The van der Waals surface area contributed by atoms with Gasteiger partial charge in [0.05, 0.1) is 12.2 Å². The fraction of sp³-hybridized carbons (Fsp3) is 0.464. The van der Waals surface area contributed by atoms with E-state index in [0.717, 1.165) is 41.0 Å². The summed E-state index contributed by atoms with van der Waals surface area (Å²) in [5.74, 6) is 0. The summed E-state index contributed by atoms with van der Waals surface area (Å²) in [5.41, 5.74) is 4.76. The van der Waals surface area contributed by atoms with Crippen LogP contribution in [0.15, 0.2) is 51.7 Å². The fourth-order valence-electron chi connectivity index (χ4n) is 3.88. The molecule has 0 fully saturated rings. The summed E-state index contributed by atoms with van der Waals surface area (Å²) in [4.78, 5) is 17.7. The molecule has 3 rings (SSSR count). The Morgan fingerprint density at radius 1 is 0.941 bits per heavy atom. The van der Waals surface area contributed by atoms with Gasteiger partial charge < -0.3 is 18.6 Å². The van der Waals surface area contributed by atoms with Gasteiger partial charge in [-0.3, -0.25) is 0 Å². The molecule has 34 heavy (non-hydrogen) atoms. The van der Waals surface area contributed by atoms with Gasteiger partial charge in [0, 0.05) is 55.6 Å². The number of fused-ring (bicyclic) bond motifs is 1. The predicted octanol–water partition coefficient (Wildman–Crippen LogP) is 6.89. The Kier molecular flexibility index (Phi) is 7.63. The van der Waals surface area contributed by atoms with Crippen molar-refractivity contribution < 1.29 is 8.84 Å². The lowest BCUT2D eigenvalue weighted by atomic mass is 9.98. The Balaban J connectivity index is 2.21. The maximum atomic E-state index is 13.4. The second kappa shape index (κ2) is 9.96. The SMILES string of the molecule is CCN(CC)c1ccc2c(CO[Si](C)(C)C(C)(C)C)c(-c3ccc(N(C)C)cc3)c(=O)oc2c1. The number of benzene rings is 2. The predicted molar refractivity (Wildman–Crippen MR) is 148 cm³/mol. The third-order valence-electron chi connectivity index (χ3n) is 7.18. The van der Waals surface area contributed by atoms with Crippen LogP contribution < -0.4 is 15.4 Å². The molecule has 0 atom stereocenters. The smallest absolute Gasteiger partial charge is 0.344 e. The van der Waals surface area contributed by atoms with Crippen LogP contribution >= 0.6 is 0 Å². The van der Waals surface area contributed by atoms with Crippen LogP contribution in [-0.2, 0) is 11.0 Å². The van der Waals surface area contributed by atoms with Gasteiger partial charge in [-0.25, -0.2) is 4.79 Å². The molecule has 0 radical (unpaired) electrons. The minimum absolute atomic E-state index is 0.0751. The van der Waals surface area contributed by atoms with Crippen molar-refractivity contribution >= 4 is 30.7 Å². The summed E-state index contributed by atoms with van der Waals surface area (Å²) >= 11 is 0. The van der Waals surface area contributed by atoms with Gasteiger partial charge in [0.2, 0.25) is 0 Å². The van der Waals surface area contributed by atoms with Gasteiger partial charge in [-0.1, -0.05) is 32.9 Å². The van der Waals surface area contributed by atoms with Crippen LogP contribution in [0, 0.1) is 0 Å². The molecule has 0 aliphatic rings. The van der Waals surface area contributed by atoms with Crippen LogP contribution in [0.25, 0.3) is 22.1 Å². The van der Waals surface area contributed by atoms with Crippen LogP contribution in [0.5, 0.6) is 0 Å². The summed E-state index contributed by atoms with van der Waals surface area (Å²) in [6.45, 7) is 17.6. The highest BCUT2D eigenvalue weighted by molar-refractivity contribution is 6.74. The average Bonchev–Trinajstić information content (AvgIpc) is 2.77. The molecule has 0 aliphatic carbocycles. The largest absolute Gasteiger partial charge is 0.422 e. The first kappa shape index (κ1) is 26.0. The van der Waals surface area contributed by atoms with Gasteiger partial charge in [0.25, 0.3) is 0 Å². The highest BCUT2D eigenvalue weighted by atomic mass is 28.4. The summed E-state index contributed by atoms with van der Waals surface area (Å²) in [5, 5.41) is 1.01. The van der Waals surface area contributed by atoms with Gasteiger partial charge in [0.1, 0.15) is 5.58 Å². The topological polar surface area (TPSA) is 45.9 Å². The first-order chi connectivity index (χ1) is 15.9. The highest BCUT2D eigenvalue weighted by Crippen LogP contribution is 2.38. The normalized spacial score (nSPS) is 12.3. The molecule has 0 N–H and O–H groups in total. The number of hydrogen-bond acceptors (Lipinski definition) is 5. The number of nitrogens with zero attached hydrogens (tertiary/aromatic N) is 2. The van der Waals surface area contributed by atoms with Crippen molar-refractivity contribution in [2.75, 3.05) is 37.0 Å². The van der Waals surface area contributed by atoms with Crippen LogP contribution in [0.2, 0.25) is 18.1 Å². The maximum Gasteiger partial charge on any atom is 0.344 e. The van der Waals surface area contributed by atoms with E-state index in [1.807, 2.05) is 49.3 Å². The molecule has 0 saturated carbocycles. The quantitative estimate of drug-likeness (QED) is 0.259. The van der Waals surface area contributed by atoms with Crippen molar-refractivity contribution in [3.05, 3.63) is 58.4 Å². The molecule has 0 aliphatic heterocycles. The van der Waals surface area contributed by atoms with E-state index in [9.17, 15) is 4.79 Å². The van der Waals surface area contributed by atoms with E-state index >= 15 is 0 Å². The van der Waals surface area contributed by atoms with Crippen LogP contribution in [-0.4, -0.2) is 35.5 Å². The van der Waals surface area contributed by atoms with Crippen molar-refractivity contribution in [3.63, 3.8) is 0 Å². The summed E-state index contributed by atoms with van der Waals surface area (Å²) in [6.07, 6.45) is 0. The maximum absolute atomic E-state index is 13.4.